The molecule has 4 fully saturated rings. The van der Waals surface area contributed by atoms with Crippen LogP contribution in [0, 0.1) is 11.8 Å². The molecule has 5 aromatic rings. The first-order valence-corrected chi connectivity index (χ1v) is 22.5. The first-order chi connectivity index (χ1) is 30.3. The Morgan fingerprint density at radius 3 is 2.48 bits per heavy atom. The number of nitrogens with zero attached hydrogens (tertiary/aromatic N) is 8. The second kappa shape index (κ2) is 16.2. The molecule has 15 nitrogen and oxygen atoms in total. The number of piperidine rings is 2. The van der Waals surface area contributed by atoms with Gasteiger partial charge in [-0.15, -0.1) is 0 Å². The van der Waals surface area contributed by atoms with Gasteiger partial charge in [0, 0.05) is 81.8 Å². The van der Waals surface area contributed by atoms with Gasteiger partial charge in [0.05, 0.1) is 46.3 Å². The van der Waals surface area contributed by atoms with Crippen LogP contribution in [0.3, 0.4) is 0 Å². The van der Waals surface area contributed by atoms with E-state index in [4.69, 9.17) is 26.4 Å². The summed E-state index contributed by atoms with van der Waals surface area (Å²) in [5.74, 6) is -2.82. The monoisotopic (exact) mass is 883 g/mol. The fourth-order valence-corrected chi connectivity index (χ4v) is 10.2. The van der Waals surface area contributed by atoms with Crippen molar-refractivity contribution in [2.24, 2.45) is 18.9 Å². The number of aromatic nitrogens is 5. The molecule has 332 valence electrons. The van der Waals surface area contributed by atoms with Crippen molar-refractivity contribution >= 4 is 74.0 Å². The largest absolute Gasteiger partial charge is 0.480 e. The van der Waals surface area contributed by atoms with Gasteiger partial charge in [-0.1, -0.05) is 23.7 Å². The van der Waals surface area contributed by atoms with Gasteiger partial charge in [-0.05, 0) is 82.1 Å². The maximum absolute atomic E-state index is 15.3. The third-order valence-electron chi connectivity index (χ3n) is 13.5. The SMILES string of the molecule is CC(C)n1c(=O)c2c(c3cc(Nc4nc(N5CCN(CC6CCN(c7cccc8c(C9CCC(=O)NC9=O)nn(C)c78)CC6)CC5)ncc4Cl)ccc31)N[C@@H](C1CC1)C(F)(F)CO2. The summed E-state index contributed by atoms with van der Waals surface area (Å²) in [5, 5.41) is 15.6. The van der Waals surface area contributed by atoms with E-state index < -0.39 is 30.0 Å². The summed E-state index contributed by atoms with van der Waals surface area (Å²) >= 11 is 6.67. The van der Waals surface area contributed by atoms with Gasteiger partial charge < -0.3 is 29.7 Å². The average molecular weight is 884 g/mol. The summed E-state index contributed by atoms with van der Waals surface area (Å²) < 4.78 is 39.7. The summed E-state index contributed by atoms with van der Waals surface area (Å²) in [4.78, 5) is 54.8. The number of nitrogens with one attached hydrogen (secondary N) is 3. The van der Waals surface area contributed by atoms with Crippen LogP contribution in [0.2, 0.25) is 5.02 Å². The number of carbonyl (C=O) groups is 2. The van der Waals surface area contributed by atoms with Gasteiger partial charge in [0.2, 0.25) is 23.5 Å². The third kappa shape index (κ3) is 7.80. The lowest BCUT2D eigenvalue weighted by molar-refractivity contribution is -0.134. The molecule has 4 aliphatic heterocycles. The highest BCUT2D eigenvalue weighted by atomic mass is 35.5. The van der Waals surface area contributed by atoms with Gasteiger partial charge in [0.25, 0.3) is 5.56 Å². The van der Waals surface area contributed by atoms with Crippen molar-refractivity contribution < 1.29 is 23.1 Å². The second-order valence-corrected chi connectivity index (χ2v) is 18.5. The van der Waals surface area contributed by atoms with E-state index in [0.717, 1.165) is 80.9 Å². The van der Waals surface area contributed by atoms with Gasteiger partial charge in [0.15, 0.2) is 12.4 Å². The summed E-state index contributed by atoms with van der Waals surface area (Å²) in [6.07, 6.45) is 5.90. The van der Waals surface area contributed by atoms with Crippen LogP contribution >= 0.6 is 11.6 Å². The summed E-state index contributed by atoms with van der Waals surface area (Å²) in [6.45, 7) is 9.02. The second-order valence-electron chi connectivity index (χ2n) is 18.1. The summed E-state index contributed by atoms with van der Waals surface area (Å²) in [7, 11) is 1.93. The number of pyridine rings is 1. The van der Waals surface area contributed by atoms with Crippen molar-refractivity contribution in [2.45, 2.75) is 76.3 Å². The Labute approximate surface area is 368 Å². The molecule has 2 atom stereocenters. The highest BCUT2D eigenvalue weighted by Gasteiger charge is 2.51. The molecule has 0 spiro atoms. The number of carbonyl (C=O) groups excluding carboxylic acids is 2. The van der Waals surface area contributed by atoms with Crippen LogP contribution in [0.25, 0.3) is 21.8 Å². The van der Waals surface area contributed by atoms with Crippen molar-refractivity contribution in [1.29, 1.82) is 0 Å². The molecule has 1 saturated carbocycles. The molecule has 7 heterocycles. The first-order valence-electron chi connectivity index (χ1n) is 22.1. The molecule has 63 heavy (non-hydrogen) atoms. The van der Waals surface area contributed by atoms with Crippen LogP contribution < -0.4 is 36.0 Å². The van der Waals surface area contributed by atoms with Gasteiger partial charge in [-0.3, -0.25) is 29.3 Å². The Morgan fingerprint density at radius 2 is 1.75 bits per heavy atom. The minimum atomic E-state index is -3.14. The number of anilines is 5. The number of hydrogen-bond acceptors (Lipinski definition) is 12. The molecule has 2 amide bonds. The molecule has 10 rings (SSSR count). The summed E-state index contributed by atoms with van der Waals surface area (Å²) in [6, 6.07) is 10.3. The van der Waals surface area contributed by atoms with Gasteiger partial charge >= 0.3 is 5.92 Å². The Balaban J connectivity index is 0.790. The molecule has 18 heteroatoms. The molecular weight excluding hydrogens is 832 g/mol. The molecule has 3 aromatic heterocycles. The Kier molecular flexibility index (Phi) is 10.7. The smallest absolute Gasteiger partial charge is 0.301 e. The molecule has 5 aliphatic rings. The molecule has 3 saturated heterocycles. The number of aryl methyl sites for hydroxylation is 1. The van der Waals surface area contributed by atoms with E-state index >= 15 is 8.78 Å². The minimum absolute atomic E-state index is 0.0924. The number of ether oxygens (including phenoxy) is 1. The standard InChI is InChI=1S/C45H52ClF2N11O4/c1-25(2)59-33-11-9-28(21-31(33)37-39(43(59)62)63-24-45(47,48)40(52-37)27-7-8-27)50-41-32(46)22-49-44(53-41)58-19-17-56(18-20-58)23-26-13-15-57(16-14-26)34-6-4-5-29-36(54-55(3)38(29)34)30-10-12-35(60)51-42(30)61/h4-6,9,11,21-22,25-27,30,40,52H,7-8,10,12-20,23-24H2,1-3H3,(H,49,50,53)(H,51,60,61)/t30?,40-/m0/s1. The zero-order valence-electron chi connectivity index (χ0n) is 35.7. The highest BCUT2D eigenvalue weighted by molar-refractivity contribution is 6.33. The number of benzene rings is 2. The Hall–Kier alpha value is -5.55. The van der Waals surface area contributed by atoms with Crippen molar-refractivity contribution in [2.75, 3.05) is 72.9 Å². The zero-order valence-corrected chi connectivity index (χ0v) is 36.4. The van der Waals surface area contributed by atoms with Crippen molar-refractivity contribution in [3.63, 3.8) is 0 Å². The van der Waals surface area contributed by atoms with Crippen LogP contribution in [0.5, 0.6) is 5.75 Å². The lowest BCUT2D eigenvalue weighted by atomic mass is 9.92. The topological polar surface area (TPSA) is 155 Å². The van der Waals surface area contributed by atoms with Crippen LogP contribution in [-0.4, -0.2) is 105 Å². The first kappa shape index (κ1) is 41.5. The van der Waals surface area contributed by atoms with Crippen LogP contribution in [0.4, 0.5) is 37.6 Å². The van der Waals surface area contributed by atoms with Gasteiger partial charge in [0.1, 0.15) is 5.02 Å². The minimum Gasteiger partial charge on any atom is -0.480 e. The number of hydrogen-bond donors (Lipinski definition) is 3. The zero-order chi connectivity index (χ0) is 43.7. The Bertz CT molecular complexity index is 2670. The number of rotatable bonds is 9. The average Bonchev–Trinajstić information content (AvgIpc) is 4.06. The van der Waals surface area contributed by atoms with Gasteiger partial charge in [-0.2, -0.15) is 10.1 Å². The van der Waals surface area contributed by atoms with E-state index in [0.29, 0.717) is 65.0 Å². The van der Waals surface area contributed by atoms with E-state index in [9.17, 15) is 14.4 Å². The maximum Gasteiger partial charge on any atom is 0.301 e. The number of piperazine rings is 1. The van der Waals surface area contributed by atoms with E-state index in [1.165, 1.54) is 0 Å². The number of alkyl halides is 2. The third-order valence-corrected chi connectivity index (χ3v) is 13.8. The predicted molar refractivity (Wildman–Crippen MR) is 239 cm³/mol. The van der Waals surface area contributed by atoms with E-state index in [-0.39, 0.29) is 35.2 Å². The van der Waals surface area contributed by atoms with E-state index in [1.54, 1.807) is 10.8 Å². The van der Waals surface area contributed by atoms with Crippen molar-refractivity contribution in [3.8, 4) is 5.75 Å². The lowest BCUT2D eigenvalue weighted by Crippen LogP contribution is -2.49. The predicted octanol–water partition coefficient (Wildman–Crippen LogP) is 6.43. The van der Waals surface area contributed by atoms with Gasteiger partial charge in [-0.25, -0.2) is 13.8 Å². The van der Waals surface area contributed by atoms with Crippen molar-refractivity contribution in [1.82, 2.24) is 34.5 Å². The lowest BCUT2D eigenvalue weighted by Gasteiger charge is -2.39. The highest BCUT2D eigenvalue weighted by Crippen LogP contribution is 2.46. The fraction of sp³-hybridized carbons (Fsp3) is 0.511. The number of fused-ring (bicyclic) bond motifs is 4. The van der Waals surface area contributed by atoms with Crippen LogP contribution in [0.15, 0.2) is 47.4 Å². The van der Waals surface area contributed by atoms with Crippen LogP contribution in [-0.2, 0) is 16.6 Å². The summed E-state index contributed by atoms with van der Waals surface area (Å²) in [5.41, 5.74) is 3.94. The maximum atomic E-state index is 15.3. The quantitative estimate of drug-likeness (QED) is 0.140. The Morgan fingerprint density at radius 1 is 0.968 bits per heavy atom. The number of imide groups is 1. The van der Waals surface area contributed by atoms with Crippen LogP contribution in [0.1, 0.15) is 70.0 Å². The van der Waals surface area contributed by atoms with E-state index in [2.05, 4.69) is 41.7 Å². The van der Waals surface area contributed by atoms with E-state index in [1.807, 2.05) is 55.9 Å². The number of amides is 2. The fourth-order valence-electron chi connectivity index (χ4n) is 10.1. The molecule has 0 radical (unpaired) electrons. The molecule has 0 bridgehead atoms. The number of halogens is 3. The molecule has 1 unspecified atom stereocenters. The normalized spacial score (nSPS) is 22.2. The molecule has 2 aromatic carbocycles. The molecule has 3 N–H and O–H groups in total. The van der Waals surface area contributed by atoms with Crippen molar-refractivity contribution in [3.05, 3.63) is 63.7 Å². The molecule has 1 aliphatic carbocycles. The number of para-hydroxylation sites is 1. The molecular formula is C45H52ClF2N11O4.